The fourth-order valence-corrected chi connectivity index (χ4v) is 9.83. The van der Waals surface area contributed by atoms with Crippen LogP contribution in [-0.4, -0.2) is 82.3 Å². The van der Waals surface area contributed by atoms with Gasteiger partial charge >= 0.3 is 11.9 Å². The molecule has 0 aliphatic heterocycles. The van der Waals surface area contributed by atoms with Gasteiger partial charge in [-0.3, -0.25) is 9.59 Å². The molecule has 0 aliphatic carbocycles. The van der Waals surface area contributed by atoms with Gasteiger partial charge in [0.2, 0.25) is 0 Å². The molecule has 9 nitrogen and oxygen atoms in total. The number of likely N-dealkylation sites (N-methyl/N-ethyl adjacent to an activating group) is 1. The Hall–Kier alpha value is -3.53. The van der Waals surface area contributed by atoms with E-state index in [1.807, 2.05) is 21.1 Å². The van der Waals surface area contributed by atoms with Crippen LogP contribution in [0.1, 0.15) is 309 Å². The highest BCUT2D eigenvalue weighted by molar-refractivity contribution is 5.70. The Morgan fingerprint density at radius 3 is 1.02 bits per heavy atom. The molecule has 0 aromatic heterocycles. The van der Waals surface area contributed by atoms with Gasteiger partial charge in [-0.25, -0.2) is 0 Å². The van der Waals surface area contributed by atoms with Crippen molar-refractivity contribution in [2.45, 2.75) is 322 Å². The van der Waals surface area contributed by atoms with Crippen LogP contribution >= 0.6 is 0 Å². The fraction of sp³-hybridized carbons (Fsp3) is 0.770. The SMILES string of the molecule is CC/C=C\C/C=C\C/C=C\C/C=C\CCCCCCCCCCC(=O)OC(COC(=O)CCCCCCCCCCCCCCCCCCCCCCCC/C=C\C/C=C\C/C=C\CCCCCCC)COC(OCC[N+](C)(C)C)C(=O)[O-]. The summed E-state index contributed by atoms with van der Waals surface area (Å²) < 4.78 is 22.8. The smallest absolute Gasteiger partial charge is 0.306 e. The molecule has 83 heavy (non-hydrogen) atoms. The number of aliphatic carboxylic acids is 1. The quantitative estimate of drug-likeness (QED) is 0.0195. The molecule has 0 N–H and O–H groups in total. The zero-order valence-corrected chi connectivity index (χ0v) is 54.8. The Labute approximate surface area is 512 Å². The van der Waals surface area contributed by atoms with E-state index in [9.17, 15) is 19.5 Å². The third-order valence-corrected chi connectivity index (χ3v) is 15.1. The number of hydrogen-bond acceptors (Lipinski definition) is 8. The van der Waals surface area contributed by atoms with Crippen LogP contribution in [0.3, 0.4) is 0 Å². The van der Waals surface area contributed by atoms with Gasteiger partial charge in [-0.05, 0) is 89.9 Å². The number of esters is 2. The molecule has 0 rings (SSSR count). The maximum absolute atomic E-state index is 12.9. The van der Waals surface area contributed by atoms with Gasteiger partial charge < -0.3 is 33.3 Å². The van der Waals surface area contributed by atoms with Gasteiger partial charge in [0.15, 0.2) is 12.4 Å². The first-order valence-corrected chi connectivity index (χ1v) is 34.7. The second kappa shape index (κ2) is 64.5. The van der Waals surface area contributed by atoms with E-state index < -0.39 is 24.3 Å². The first kappa shape index (κ1) is 79.5. The summed E-state index contributed by atoms with van der Waals surface area (Å²) >= 11 is 0. The van der Waals surface area contributed by atoms with Crippen LogP contribution in [0.2, 0.25) is 0 Å². The molecule has 0 heterocycles. The molecule has 0 aliphatic rings. The normalized spacial score (nSPS) is 13.2. The van der Waals surface area contributed by atoms with E-state index >= 15 is 0 Å². The van der Waals surface area contributed by atoms with E-state index in [-0.39, 0.29) is 32.2 Å². The van der Waals surface area contributed by atoms with E-state index in [0.717, 1.165) is 83.5 Å². The molecule has 0 radical (unpaired) electrons. The number of carboxylic acids is 1. The van der Waals surface area contributed by atoms with Crippen LogP contribution in [0, 0.1) is 0 Å². The van der Waals surface area contributed by atoms with Crippen LogP contribution < -0.4 is 5.11 Å². The highest BCUT2D eigenvalue weighted by atomic mass is 16.7. The van der Waals surface area contributed by atoms with Crippen molar-refractivity contribution in [1.29, 1.82) is 0 Å². The molecular formula is C74H131NO8. The number of allylic oxidation sites excluding steroid dienone is 14. The van der Waals surface area contributed by atoms with Crippen LogP contribution in [0.15, 0.2) is 85.1 Å². The monoisotopic (exact) mass is 1160 g/mol. The number of carbonyl (C=O) groups is 3. The van der Waals surface area contributed by atoms with Crippen molar-refractivity contribution in [3.8, 4) is 0 Å². The Balaban J connectivity index is 4.03. The summed E-state index contributed by atoms with van der Waals surface area (Å²) in [6.07, 6.45) is 83.9. The van der Waals surface area contributed by atoms with Gasteiger partial charge in [-0.1, -0.05) is 292 Å². The lowest BCUT2D eigenvalue weighted by atomic mass is 10.0. The van der Waals surface area contributed by atoms with Crippen molar-refractivity contribution < 1.29 is 42.9 Å². The van der Waals surface area contributed by atoms with Crippen molar-refractivity contribution in [1.82, 2.24) is 0 Å². The predicted octanol–water partition coefficient (Wildman–Crippen LogP) is 20.1. The summed E-state index contributed by atoms with van der Waals surface area (Å²) in [6.45, 7) is 4.64. The van der Waals surface area contributed by atoms with E-state index in [0.29, 0.717) is 23.9 Å². The zero-order chi connectivity index (χ0) is 60.5. The summed E-state index contributed by atoms with van der Waals surface area (Å²) in [5.74, 6) is -2.28. The van der Waals surface area contributed by atoms with Crippen LogP contribution in [0.25, 0.3) is 0 Å². The molecular weight excluding hydrogens is 1030 g/mol. The van der Waals surface area contributed by atoms with Crippen LogP contribution in [-0.2, 0) is 33.3 Å². The zero-order valence-electron chi connectivity index (χ0n) is 54.8. The van der Waals surface area contributed by atoms with Gasteiger partial charge in [0, 0.05) is 12.8 Å². The number of ether oxygens (including phenoxy) is 4. The molecule has 0 aromatic rings. The Morgan fingerprint density at radius 2 is 0.687 bits per heavy atom. The highest BCUT2D eigenvalue weighted by Gasteiger charge is 2.22. The number of carbonyl (C=O) groups excluding carboxylic acids is 3. The summed E-state index contributed by atoms with van der Waals surface area (Å²) in [5.41, 5.74) is 0. The van der Waals surface area contributed by atoms with E-state index in [1.54, 1.807) is 0 Å². The minimum absolute atomic E-state index is 0.144. The van der Waals surface area contributed by atoms with Gasteiger partial charge in [-0.2, -0.15) is 0 Å². The van der Waals surface area contributed by atoms with Gasteiger partial charge in [0.25, 0.3) is 0 Å². The second-order valence-corrected chi connectivity index (χ2v) is 24.4. The maximum Gasteiger partial charge on any atom is 0.306 e. The summed E-state index contributed by atoms with van der Waals surface area (Å²) in [4.78, 5) is 37.4. The van der Waals surface area contributed by atoms with Crippen LogP contribution in [0.4, 0.5) is 0 Å². The van der Waals surface area contributed by atoms with Gasteiger partial charge in [0.1, 0.15) is 13.2 Å². The maximum atomic E-state index is 12.9. The molecule has 0 fully saturated rings. The summed E-state index contributed by atoms with van der Waals surface area (Å²) in [6, 6.07) is 0. The Morgan fingerprint density at radius 1 is 0.373 bits per heavy atom. The highest BCUT2D eigenvalue weighted by Crippen LogP contribution is 2.18. The number of quaternary nitrogens is 1. The number of unbranched alkanes of at least 4 members (excludes halogenated alkanes) is 35. The molecule has 9 heteroatoms. The van der Waals surface area contributed by atoms with Crippen molar-refractivity contribution >= 4 is 17.9 Å². The van der Waals surface area contributed by atoms with E-state index in [2.05, 4.69) is 98.9 Å². The molecule has 0 spiro atoms. The Kier molecular flexibility index (Phi) is 61.7. The van der Waals surface area contributed by atoms with E-state index in [1.165, 1.54) is 193 Å². The van der Waals surface area contributed by atoms with Crippen molar-refractivity contribution in [3.05, 3.63) is 85.1 Å². The second-order valence-electron chi connectivity index (χ2n) is 24.4. The molecule has 0 bridgehead atoms. The number of rotatable bonds is 64. The average molecular weight is 1160 g/mol. The summed E-state index contributed by atoms with van der Waals surface area (Å²) in [5, 5.41) is 11.8. The van der Waals surface area contributed by atoms with Crippen molar-refractivity contribution in [2.24, 2.45) is 0 Å². The largest absolute Gasteiger partial charge is 0.545 e. The molecule has 0 amide bonds. The average Bonchev–Trinajstić information content (AvgIpc) is 3.46. The fourth-order valence-electron chi connectivity index (χ4n) is 9.83. The lowest BCUT2D eigenvalue weighted by molar-refractivity contribution is -0.870. The van der Waals surface area contributed by atoms with E-state index in [4.69, 9.17) is 18.9 Å². The van der Waals surface area contributed by atoms with Crippen molar-refractivity contribution in [2.75, 3.05) is 47.5 Å². The molecule has 480 valence electrons. The minimum Gasteiger partial charge on any atom is -0.545 e. The molecule has 0 saturated heterocycles. The first-order chi connectivity index (χ1) is 40.6. The number of carboxylic acid groups (broad SMARTS) is 1. The lowest BCUT2D eigenvalue weighted by Gasteiger charge is -2.26. The molecule has 2 atom stereocenters. The topological polar surface area (TPSA) is 111 Å². The van der Waals surface area contributed by atoms with Gasteiger partial charge in [-0.15, -0.1) is 0 Å². The van der Waals surface area contributed by atoms with Crippen LogP contribution in [0.5, 0.6) is 0 Å². The minimum atomic E-state index is -1.63. The molecule has 0 aromatic carbocycles. The number of hydrogen-bond donors (Lipinski definition) is 0. The summed E-state index contributed by atoms with van der Waals surface area (Å²) in [7, 11) is 5.93. The Bertz CT molecular complexity index is 1640. The standard InChI is InChI=1S/C74H131NO8/c1-6-8-10-12-14-16-18-20-22-24-26-28-29-30-31-32-33-34-35-36-37-38-39-40-41-42-43-45-46-48-50-52-54-56-58-60-62-64-71(76)81-68-70(69-82-74(73(78)79)80-67-66-75(3,4)5)83-72(77)65-63-61-59-57-55-53-51-49-47-44-27-25-23-21-19-17-15-13-11-9-7-2/h9,11,15,17-18,20-21,23-24,26-27,29-30,44,70,74H,6-8,10,12-14,16,19,22,25,28,31-43,45-69H2,1-5H3/b11-9-,17-15-,20-18-,23-21-,26-24-,30-29-,44-27-. The molecule has 2 unspecified atom stereocenters. The van der Waals surface area contributed by atoms with Gasteiger partial charge in [0.05, 0.1) is 40.3 Å². The lowest BCUT2D eigenvalue weighted by Crippen LogP contribution is -2.44. The third-order valence-electron chi connectivity index (χ3n) is 15.1. The molecule has 0 saturated carbocycles. The third kappa shape index (κ3) is 65.9. The first-order valence-electron chi connectivity index (χ1n) is 34.7. The van der Waals surface area contributed by atoms with Crippen molar-refractivity contribution in [3.63, 3.8) is 0 Å². The number of nitrogens with zero attached hydrogens (tertiary/aromatic N) is 1. The predicted molar refractivity (Wildman–Crippen MR) is 352 cm³/mol.